The Labute approximate surface area is 162 Å². The van der Waals surface area contributed by atoms with Gasteiger partial charge in [-0.1, -0.05) is 24.3 Å². The Hall–Kier alpha value is -2.80. The minimum Gasteiger partial charge on any atom is -0.495 e. The maximum Gasteiger partial charge on any atom is 0.317 e. The molecule has 1 aliphatic rings. The SMILES string of the molecule is COc1ccccc1N1CCN(C(=O)NCc2nc3ccccc3s2)CC1. The number of hydrogen-bond acceptors (Lipinski definition) is 5. The van der Waals surface area contributed by atoms with Gasteiger partial charge in [0.05, 0.1) is 29.6 Å². The van der Waals surface area contributed by atoms with Gasteiger partial charge in [-0.15, -0.1) is 11.3 Å². The summed E-state index contributed by atoms with van der Waals surface area (Å²) in [7, 11) is 1.69. The largest absolute Gasteiger partial charge is 0.495 e. The Morgan fingerprint density at radius 1 is 1.11 bits per heavy atom. The molecule has 1 fully saturated rings. The predicted molar refractivity (Wildman–Crippen MR) is 109 cm³/mol. The highest BCUT2D eigenvalue weighted by Gasteiger charge is 2.22. The van der Waals surface area contributed by atoms with E-state index in [0.717, 1.165) is 39.8 Å². The standard InChI is InChI=1S/C20H22N4O2S/c1-26-17-8-4-3-7-16(17)23-10-12-24(13-11-23)20(25)21-14-19-22-15-6-2-5-9-18(15)27-19/h2-9H,10-14H2,1H3,(H,21,25). The number of amides is 2. The van der Waals surface area contributed by atoms with Crippen molar-refractivity contribution in [3.05, 3.63) is 53.5 Å². The van der Waals surface area contributed by atoms with Gasteiger partial charge in [-0.25, -0.2) is 9.78 Å². The van der Waals surface area contributed by atoms with E-state index in [1.807, 2.05) is 41.3 Å². The number of rotatable bonds is 4. The number of carbonyl (C=O) groups excluding carboxylic acids is 1. The number of piperazine rings is 1. The molecule has 1 saturated heterocycles. The molecule has 2 heterocycles. The first-order valence-electron chi connectivity index (χ1n) is 9.00. The second kappa shape index (κ2) is 7.84. The number of nitrogens with one attached hydrogen (secondary N) is 1. The summed E-state index contributed by atoms with van der Waals surface area (Å²) in [6.45, 7) is 3.40. The van der Waals surface area contributed by atoms with Crippen molar-refractivity contribution in [2.75, 3.05) is 38.2 Å². The molecule has 1 aliphatic heterocycles. The van der Waals surface area contributed by atoms with Crippen LogP contribution in [0.5, 0.6) is 5.75 Å². The van der Waals surface area contributed by atoms with Crippen molar-refractivity contribution in [2.45, 2.75) is 6.54 Å². The highest BCUT2D eigenvalue weighted by molar-refractivity contribution is 7.18. The molecule has 0 saturated carbocycles. The summed E-state index contributed by atoms with van der Waals surface area (Å²) in [5, 5.41) is 3.93. The van der Waals surface area contributed by atoms with E-state index in [1.54, 1.807) is 18.4 Å². The molecular formula is C20H22N4O2S. The molecule has 27 heavy (non-hydrogen) atoms. The fourth-order valence-corrected chi connectivity index (χ4v) is 4.21. The van der Waals surface area contributed by atoms with Crippen LogP contribution in [-0.4, -0.2) is 49.2 Å². The van der Waals surface area contributed by atoms with Crippen LogP contribution in [0, 0.1) is 0 Å². The second-order valence-electron chi connectivity index (χ2n) is 6.38. The van der Waals surface area contributed by atoms with Gasteiger partial charge in [-0.05, 0) is 24.3 Å². The summed E-state index contributed by atoms with van der Waals surface area (Å²) >= 11 is 1.62. The summed E-state index contributed by atoms with van der Waals surface area (Å²) in [5.74, 6) is 0.867. The molecule has 0 atom stereocenters. The van der Waals surface area contributed by atoms with Crippen molar-refractivity contribution in [2.24, 2.45) is 0 Å². The zero-order valence-corrected chi connectivity index (χ0v) is 16.0. The highest BCUT2D eigenvalue weighted by atomic mass is 32.1. The molecule has 0 spiro atoms. The van der Waals surface area contributed by atoms with Crippen LogP contribution in [0.2, 0.25) is 0 Å². The monoisotopic (exact) mass is 382 g/mol. The molecule has 1 aromatic heterocycles. The summed E-state index contributed by atoms with van der Waals surface area (Å²) in [4.78, 5) is 21.2. The fraction of sp³-hybridized carbons (Fsp3) is 0.300. The lowest BCUT2D eigenvalue weighted by Gasteiger charge is -2.36. The number of fused-ring (bicyclic) bond motifs is 1. The summed E-state index contributed by atoms with van der Waals surface area (Å²) < 4.78 is 6.59. The van der Waals surface area contributed by atoms with Crippen molar-refractivity contribution < 1.29 is 9.53 Å². The quantitative estimate of drug-likeness (QED) is 0.752. The number of anilines is 1. The number of nitrogens with zero attached hydrogens (tertiary/aromatic N) is 3. The molecule has 7 heteroatoms. The molecule has 6 nitrogen and oxygen atoms in total. The molecule has 140 valence electrons. The maximum atomic E-state index is 12.5. The van der Waals surface area contributed by atoms with Crippen LogP contribution >= 0.6 is 11.3 Å². The number of carbonyl (C=O) groups is 1. The van der Waals surface area contributed by atoms with E-state index in [4.69, 9.17) is 4.74 Å². The number of aromatic nitrogens is 1. The Bertz CT molecular complexity index is 901. The topological polar surface area (TPSA) is 57.7 Å². The van der Waals surface area contributed by atoms with Crippen LogP contribution < -0.4 is 15.0 Å². The lowest BCUT2D eigenvalue weighted by Crippen LogP contribution is -2.51. The van der Waals surface area contributed by atoms with Crippen molar-refractivity contribution >= 4 is 33.3 Å². The van der Waals surface area contributed by atoms with Gasteiger partial charge in [0.15, 0.2) is 0 Å². The van der Waals surface area contributed by atoms with E-state index in [1.165, 1.54) is 0 Å². The van der Waals surface area contributed by atoms with E-state index < -0.39 is 0 Å². The number of hydrogen-bond donors (Lipinski definition) is 1. The first kappa shape index (κ1) is 17.6. The summed E-state index contributed by atoms with van der Waals surface area (Å²) in [6.07, 6.45) is 0. The average molecular weight is 382 g/mol. The smallest absolute Gasteiger partial charge is 0.317 e. The van der Waals surface area contributed by atoms with Crippen molar-refractivity contribution in [1.82, 2.24) is 15.2 Å². The average Bonchev–Trinajstić information content (AvgIpc) is 3.15. The Kier molecular flexibility index (Phi) is 5.11. The number of ether oxygens (including phenoxy) is 1. The number of thiazole rings is 1. The second-order valence-corrected chi connectivity index (χ2v) is 7.50. The van der Waals surface area contributed by atoms with Gasteiger partial charge >= 0.3 is 6.03 Å². The van der Waals surface area contributed by atoms with E-state index in [9.17, 15) is 4.79 Å². The van der Waals surface area contributed by atoms with Crippen molar-refractivity contribution in [3.63, 3.8) is 0 Å². The molecule has 2 amide bonds. The number of urea groups is 1. The Morgan fingerprint density at radius 2 is 1.85 bits per heavy atom. The predicted octanol–water partition coefficient (Wildman–Crippen LogP) is 3.34. The fourth-order valence-electron chi connectivity index (χ4n) is 3.30. The minimum absolute atomic E-state index is 0.0334. The van der Waals surface area contributed by atoms with Gasteiger partial charge in [0, 0.05) is 26.2 Å². The van der Waals surface area contributed by atoms with E-state index >= 15 is 0 Å². The molecule has 1 N–H and O–H groups in total. The van der Waals surface area contributed by atoms with E-state index in [2.05, 4.69) is 27.3 Å². The summed E-state index contributed by atoms with van der Waals surface area (Å²) in [5.41, 5.74) is 2.06. The van der Waals surface area contributed by atoms with Crippen LogP contribution in [-0.2, 0) is 6.54 Å². The van der Waals surface area contributed by atoms with Gasteiger partial charge in [0.25, 0.3) is 0 Å². The van der Waals surface area contributed by atoms with E-state index in [-0.39, 0.29) is 6.03 Å². The molecule has 0 bridgehead atoms. The molecule has 0 aliphatic carbocycles. The van der Waals surface area contributed by atoms with Gasteiger partial charge in [-0.2, -0.15) is 0 Å². The van der Waals surface area contributed by atoms with Crippen LogP contribution in [0.3, 0.4) is 0 Å². The molecule has 3 aromatic rings. The van der Waals surface area contributed by atoms with Gasteiger partial charge in [0.1, 0.15) is 10.8 Å². The minimum atomic E-state index is -0.0334. The van der Waals surface area contributed by atoms with Crippen LogP contribution in [0.15, 0.2) is 48.5 Å². The van der Waals surface area contributed by atoms with Crippen LogP contribution in [0.25, 0.3) is 10.2 Å². The third-order valence-electron chi connectivity index (χ3n) is 4.72. The third kappa shape index (κ3) is 3.83. The first-order valence-corrected chi connectivity index (χ1v) is 9.81. The number of methoxy groups -OCH3 is 1. The lowest BCUT2D eigenvalue weighted by atomic mass is 10.2. The highest BCUT2D eigenvalue weighted by Crippen LogP contribution is 2.28. The molecular weight excluding hydrogens is 360 g/mol. The molecule has 4 rings (SSSR count). The molecule has 2 aromatic carbocycles. The molecule has 0 unspecified atom stereocenters. The zero-order valence-electron chi connectivity index (χ0n) is 15.2. The van der Waals surface area contributed by atoms with Crippen molar-refractivity contribution in [3.8, 4) is 5.75 Å². The molecule has 0 radical (unpaired) electrons. The summed E-state index contributed by atoms with van der Waals surface area (Å²) in [6, 6.07) is 16.0. The van der Waals surface area contributed by atoms with Gasteiger partial charge < -0.3 is 19.9 Å². The lowest BCUT2D eigenvalue weighted by molar-refractivity contribution is 0.194. The third-order valence-corrected chi connectivity index (χ3v) is 5.76. The maximum absolute atomic E-state index is 12.5. The van der Waals surface area contributed by atoms with Crippen molar-refractivity contribution in [1.29, 1.82) is 0 Å². The van der Waals surface area contributed by atoms with Gasteiger partial charge in [-0.3, -0.25) is 0 Å². The Balaban J connectivity index is 1.32. The normalized spacial score (nSPS) is 14.4. The van der Waals surface area contributed by atoms with Crippen LogP contribution in [0.1, 0.15) is 5.01 Å². The number of benzene rings is 2. The Morgan fingerprint density at radius 3 is 2.63 bits per heavy atom. The first-order chi connectivity index (χ1) is 13.2. The van der Waals surface area contributed by atoms with E-state index in [0.29, 0.717) is 19.6 Å². The van der Waals surface area contributed by atoms with Crippen LogP contribution in [0.4, 0.5) is 10.5 Å². The van der Waals surface area contributed by atoms with Gasteiger partial charge in [0.2, 0.25) is 0 Å². The zero-order chi connectivity index (χ0) is 18.6. The number of para-hydroxylation sites is 3.